The summed E-state index contributed by atoms with van der Waals surface area (Å²) in [6, 6.07) is 11.7. The molecule has 3 heterocycles. The summed E-state index contributed by atoms with van der Waals surface area (Å²) in [6.07, 6.45) is -1.27. The Morgan fingerprint density at radius 2 is 1.76 bits per heavy atom. The highest BCUT2D eigenvalue weighted by Gasteiger charge is 2.34. The van der Waals surface area contributed by atoms with E-state index in [0.717, 1.165) is 19.2 Å². The molecular formula is C26H25F3N6O2. The van der Waals surface area contributed by atoms with Gasteiger partial charge in [0.2, 0.25) is 5.89 Å². The summed E-state index contributed by atoms with van der Waals surface area (Å²) in [6.45, 7) is 3.23. The zero-order chi connectivity index (χ0) is 26.0. The van der Waals surface area contributed by atoms with Gasteiger partial charge in [0.25, 0.3) is 0 Å². The summed E-state index contributed by atoms with van der Waals surface area (Å²) in [7, 11) is 1.99. The topological polar surface area (TPSA) is 86.5 Å². The first-order valence-corrected chi connectivity index (χ1v) is 11.7. The molecule has 1 fully saturated rings. The van der Waals surface area contributed by atoms with Crippen LogP contribution in [-0.2, 0) is 12.7 Å². The number of carbonyl (C=O) groups excluding carboxylic acids is 1. The molecule has 2 N–H and O–H groups in total. The summed E-state index contributed by atoms with van der Waals surface area (Å²) in [4.78, 5) is 25.2. The Bertz CT molecular complexity index is 1400. The number of alkyl halides is 3. The van der Waals surface area contributed by atoms with Gasteiger partial charge >= 0.3 is 12.2 Å². The Morgan fingerprint density at radius 3 is 2.46 bits per heavy atom. The van der Waals surface area contributed by atoms with Gasteiger partial charge in [-0.15, -0.1) is 0 Å². The molecule has 1 saturated heterocycles. The molecule has 0 spiro atoms. The van der Waals surface area contributed by atoms with Crippen LogP contribution in [0.4, 0.5) is 29.3 Å². The van der Waals surface area contributed by atoms with E-state index in [1.54, 1.807) is 36.7 Å². The van der Waals surface area contributed by atoms with Gasteiger partial charge in [-0.2, -0.15) is 13.2 Å². The minimum atomic E-state index is -4.54. The number of halogens is 3. The van der Waals surface area contributed by atoms with Gasteiger partial charge in [0, 0.05) is 56.5 Å². The minimum absolute atomic E-state index is 0.0494. The molecule has 1 aliphatic heterocycles. The number of fused-ring (bicyclic) bond motifs is 1. The van der Waals surface area contributed by atoms with E-state index in [0.29, 0.717) is 41.3 Å². The van der Waals surface area contributed by atoms with Crippen molar-refractivity contribution in [3.63, 3.8) is 0 Å². The number of anilines is 2. The number of rotatable bonds is 5. The van der Waals surface area contributed by atoms with Crippen molar-refractivity contribution in [3.05, 3.63) is 72.1 Å². The van der Waals surface area contributed by atoms with Gasteiger partial charge in [0.05, 0.1) is 11.1 Å². The molecule has 4 aromatic rings. The number of carbonyl (C=O) groups is 1. The van der Waals surface area contributed by atoms with Crippen molar-refractivity contribution in [2.75, 3.05) is 43.9 Å². The molecular weight excluding hydrogens is 485 g/mol. The second kappa shape index (κ2) is 10.2. The SMILES string of the molecule is CN1CCN(Cc2ccc(NC(=O)Nc3ccc4oc(-c5cccnc5)nc4c3)cc2C(F)(F)F)CC1. The molecule has 0 radical (unpaired) electrons. The van der Waals surface area contributed by atoms with Crippen molar-refractivity contribution in [1.29, 1.82) is 0 Å². The van der Waals surface area contributed by atoms with Gasteiger partial charge in [0.15, 0.2) is 5.58 Å². The van der Waals surface area contributed by atoms with Crippen LogP contribution in [0.1, 0.15) is 11.1 Å². The van der Waals surface area contributed by atoms with Crippen LogP contribution in [0.2, 0.25) is 0 Å². The third-order valence-electron chi connectivity index (χ3n) is 6.22. The lowest BCUT2D eigenvalue weighted by Crippen LogP contribution is -2.44. The molecule has 11 heteroatoms. The molecule has 0 bridgehead atoms. The number of piperazine rings is 1. The molecule has 0 atom stereocenters. The maximum absolute atomic E-state index is 13.8. The van der Waals surface area contributed by atoms with Crippen LogP contribution in [0.5, 0.6) is 0 Å². The van der Waals surface area contributed by atoms with E-state index in [-0.39, 0.29) is 17.8 Å². The molecule has 0 saturated carbocycles. The number of hydrogen-bond acceptors (Lipinski definition) is 6. The van der Waals surface area contributed by atoms with E-state index >= 15 is 0 Å². The predicted molar refractivity (Wildman–Crippen MR) is 134 cm³/mol. The second-order valence-corrected chi connectivity index (χ2v) is 8.97. The van der Waals surface area contributed by atoms with Gasteiger partial charge < -0.3 is 20.0 Å². The Kier molecular flexibility index (Phi) is 6.81. The van der Waals surface area contributed by atoms with Crippen molar-refractivity contribution in [1.82, 2.24) is 19.8 Å². The van der Waals surface area contributed by atoms with Crippen molar-refractivity contribution in [3.8, 4) is 11.5 Å². The Balaban J connectivity index is 1.28. The summed E-state index contributed by atoms with van der Waals surface area (Å²) in [5.41, 5.74) is 1.65. The molecule has 1 aliphatic rings. The second-order valence-electron chi connectivity index (χ2n) is 8.97. The van der Waals surface area contributed by atoms with Crippen molar-refractivity contribution < 1.29 is 22.4 Å². The first kappa shape index (κ1) is 24.7. The fourth-order valence-corrected chi connectivity index (χ4v) is 4.21. The van der Waals surface area contributed by atoms with Crippen LogP contribution in [0.3, 0.4) is 0 Å². The van der Waals surface area contributed by atoms with Crippen molar-refractivity contribution in [2.24, 2.45) is 0 Å². The third-order valence-corrected chi connectivity index (χ3v) is 6.22. The van der Waals surface area contributed by atoms with E-state index in [1.165, 1.54) is 12.1 Å². The number of nitrogens with one attached hydrogen (secondary N) is 2. The highest BCUT2D eigenvalue weighted by molar-refractivity contribution is 6.00. The molecule has 2 aromatic carbocycles. The Hall–Kier alpha value is -3.96. The lowest BCUT2D eigenvalue weighted by atomic mass is 10.0. The van der Waals surface area contributed by atoms with E-state index in [2.05, 4.69) is 25.5 Å². The monoisotopic (exact) mass is 510 g/mol. The van der Waals surface area contributed by atoms with Gasteiger partial charge in [-0.1, -0.05) is 6.07 Å². The van der Waals surface area contributed by atoms with E-state index in [9.17, 15) is 18.0 Å². The number of pyridine rings is 1. The number of oxazole rings is 1. The number of aromatic nitrogens is 2. The first-order valence-electron chi connectivity index (χ1n) is 11.7. The number of urea groups is 1. The quantitative estimate of drug-likeness (QED) is 0.379. The minimum Gasteiger partial charge on any atom is -0.436 e. The molecule has 2 amide bonds. The summed E-state index contributed by atoms with van der Waals surface area (Å²) >= 11 is 0. The first-order chi connectivity index (χ1) is 17.7. The largest absolute Gasteiger partial charge is 0.436 e. The zero-order valence-corrected chi connectivity index (χ0v) is 20.0. The van der Waals surface area contributed by atoms with Crippen LogP contribution >= 0.6 is 0 Å². The number of nitrogens with zero attached hydrogens (tertiary/aromatic N) is 4. The number of amides is 2. The molecule has 192 valence electrons. The number of hydrogen-bond donors (Lipinski definition) is 2. The molecule has 2 aromatic heterocycles. The van der Waals surface area contributed by atoms with E-state index < -0.39 is 17.8 Å². The lowest BCUT2D eigenvalue weighted by Gasteiger charge is -2.33. The van der Waals surface area contributed by atoms with Gasteiger partial charge in [0.1, 0.15) is 5.52 Å². The Morgan fingerprint density at radius 1 is 1.03 bits per heavy atom. The zero-order valence-electron chi connectivity index (χ0n) is 20.0. The summed E-state index contributed by atoms with van der Waals surface area (Å²) < 4.78 is 47.2. The van der Waals surface area contributed by atoms with Crippen LogP contribution in [-0.4, -0.2) is 59.0 Å². The summed E-state index contributed by atoms with van der Waals surface area (Å²) in [5, 5.41) is 5.13. The van der Waals surface area contributed by atoms with Crippen LogP contribution in [0.15, 0.2) is 65.3 Å². The van der Waals surface area contributed by atoms with Gasteiger partial charge in [-0.05, 0) is 55.1 Å². The number of benzene rings is 2. The highest BCUT2D eigenvalue weighted by Crippen LogP contribution is 2.35. The highest BCUT2D eigenvalue weighted by atomic mass is 19.4. The Labute approximate surface area is 211 Å². The normalized spacial score (nSPS) is 15.1. The van der Waals surface area contributed by atoms with Crippen molar-refractivity contribution >= 4 is 28.5 Å². The van der Waals surface area contributed by atoms with Gasteiger partial charge in [-0.3, -0.25) is 9.88 Å². The molecule has 0 unspecified atom stereocenters. The maximum atomic E-state index is 13.8. The average molecular weight is 511 g/mol. The van der Waals surface area contributed by atoms with Gasteiger partial charge in [-0.25, -0.2) is 9.78 Å². The van der Waals surface area contributed by atoms with Crippen LogP contribution in [0, 0.1) is 0 Å². The average Bonchev–Trinajstić information content (AvgIpc) is 3.30. The molecule has 8 nitrogen and oxygen atoms in total. The van der Waals surface area contributed by atoms with E-state index in [1.807, 2.05) is 18.0 Å². The fourth-order valence-electron chi connectivity index (χ4n) is 4.21. The fraction of sp³-hybridized carbons (Fsp3) is 0.269. The smallest absolute Gasteiger partial charge is 0.416 e. The molecule has 37 heavy (non-hydrogen) atoms. The lowest BCUT2D eigenvalue weighted by molar-refractivity contribution is -0.138. The number of likely N-dealkylation sites (N-methyl/N-ethyl adjacent to an activating group) is 1. The van der Waals surface area contributed by atoms with Crippen molar-refractivity contribution in [2.45, 2.75) is 12.7 Å². The van der Waals surface area contributed by atoms with E-state index in [4.69, 9.17) is 4.42 Å². The molecule has 0 aliphatic carbocycles. The standard InChI is InChI=1S/C26H25F3N6O2/c1-34-9-11-35(12-10-34)16-18-4-5-19(13-21(18)26(27,28)29)31-25(36)32-20-6-7-23-22(14-20)33-24(37-23)17-3-2-8-30-15-17/h2-8,13-15H,9-12,16H2,1H3,(H2,31,32,36). The third kappa shape index (κ3) is 5.89. The molecule has 5 rings (SSSR count). The van der Waals surface area contributed by atoms with Crippen LogP contribution in [0.25, 0.3) is 22.6 Å². The predicted octanol–water partition coefficient (Wildman–Crippen LogP) is 5.30. The summed E-state index contributed by atoms with van der Waals surface area (Å²) in [5.74, 6) is 0.390. The maximum Gasteiger partial charge on any atom is 0.416 e. The van der Waals surface area contributed by atoms with Crippen LogP contribution < -0.4 is 10.6 Å².